The number of amides is 4. The van der Waals surface area contributed by atoms with Crippen LogP contribution in [-0.4, -0.2) is 46.3 Å². The molecule has 0 aromatic heterocycles. The second kappa shape index (κ2) is 6.84. The SMILES string of the molecule is CCCN1C(=O)/C(=C\c2cc(Br)c(O)c(Br)c2)C(=O)N(C)C1=O. The molecule has 0 unspecified atom stereocenters. The molecule has 1 saturated heterocycles. The van der Waals surface area contributed by atoms with Crippen molar-refractivity contribution < 1.29 is 19.5 Å². The van der Waals surface area contributed by atoms with Crippen LogP contribution in [0.2, 0.25) is 0 Å². The lowest BCUT2D eigenvalue weighted by Crippen LogP contribution is -2.54. The number of phenols is 1. The van der Waals surface area contributed by atoms with Gasteiger partial charge in [-0.15, -0.1) is 0 Å². The first-order chi connectivity index (χ1) is 10.8. The molecule has 2 rings (SSSR count). The molecule has 0 bridgehead atoms. The van der Waals surface area contributed by atoms with E-state index >= 15 is 0 Å². The molecular formula is C15H14Br2N2O4. The van der Waals surface area contributed by atoms with Gasteiger partial charge < -0.3 is 5.11 Å². The lowest BCUT2D eigenvalue weighted by Gasteiger charge is -2.31. The largest absolute Gasteiger partial charge is 0.506 e. The minimum atomic E-state index is -0.646. The summed E-state index contributed by atoms with van der Waals surface area (Å²) >= 11 is 6.39. The molecule has 1 aliphatic rings. The zero-order valence-electron chi connectivity index (χ0n) is 12.5. The fraction of sp³-hybridized carbons (Fsp3) is 0.267. The van der Waals surface area contributed by atoms with E-state index in [1.165, 1.54) is 13.1 Å². The zero-order chi connectivity index (χ0) is 17.3. The van der Waals surface area contributed by atoms with Gasteiger partial charge in [-0.05, 0) is 62.1 Å². The smallest absolute Gasteiger partial charge is 0.333 e. The van der Waals surface area contributed by atoms with Crippen LogP contribution in [0.15, 0.2) is 26.7 Å². The van der Waals surface area contributed by atoms with E-state index in [1.54, 1.807) is 12.1 Å². The van der Waals surface area contributed by atoms with Crippen LogP contribution in [0, 0.1) is 0 Å². The van der Waals surface area contributed by atoms with Gasteiger partial charge in [0.15, 0.2) is 0 Å². The quantitative estimate of drug-likeness (QED) is 0.572. The second-order valence-electron chi connectivity index (χ2n) is 4.99. The molecule has 4 amide bonds. The van der Waals surface area contributed by atoms with E-state index in [1.807, 2.05) is 6.92 Å². The molecule has 23 heavy (non-hydrogen) atoms. The highest BCUT2D eigenvalue weighted by Gasteiger charge is 2.39. The summed E-state index contributed by atoms with van der Waals surface area (Å²) < 4.78 is 0.841. The molecule has 1 N–H and O–H groups in total. The van der Waals surface area contributed by atoms with Crippen molar-refractivity contribution in [2.24, 2.45) is 0 Å². The summed E-state index contributed by atoms with van der Waals surface area (Å²) in [5.74, 6) is -1.23. The highest BCUT2D eigenvalue weighted by molar-refractivity contribution is 9.11. The molecule has 8 heteroatoms. The number of barbiturate groups is 1. The molecule has 1 heterocycles. The number of rotatable bonds is 3. The number of imide groups is 2. The number of urea groups is 1. The van der Waals surface area contributed by atoms with Crippen molar-refractivity contribution in [2.45, 2.75) is 13.3 Å². The molecule has 1 aliphatic heterocycles. The first kappa shape index (κ1) is 17.7. The van der Waals surface area contributed by atoms with Gasteiger partial charge in [-0.1, -0.05) is 6.92 Å². The topological polar surface area (TPSA) is 77.9 Å². The third-order valence-corrected chi connectivity index (χ3v) is 4.53. The van der Waals surface area contributed by atoms with E-state index in [-0.39, 0.29) is 17.9 Å². The maximum Gasteiger partial charge on any atom is 0.333 e. The van der Waals surface area contributed by atoms with E-state index < -0.39 is 17.8 Å². The summed E-state index contributed by atoms with van der Waals surface area (Å²) in [5.41, 5.74) is 0.447. The van der Waals surface area contributed by atoms with Crippen LogP contribution in [-0.2, 0) is 9.59 Å². The Morgan fingerprint density at radius 3 is 2.22 bits per heavy atom. The van der Waals surface area contributed by atoms with E-state index in [2.05, 4.69) is 31.9 Å². The van der Waals surface area contributed by atoms with Gasteiger partial charge >= 0.3 is 6.03 Å². The van der Waals surface area contributed by atoms with Crippen molar-refractivity contribution in [3.05, 3.63) is 32.2 Å². The highest BCUT2D eigenvalue weighted by Crippen LogP contribution is 2.34. The number of carbonyl (C=O) groups excluding carboxylic acids is 3. The molecule has 6 nitrogen and oxygen atoms in total. The minimum Gasteiger partial charge on any atom is -0.506 e. The maximum absolute atomic E-state index is 12.4. The predicted molar refractivity (Wildman–Crippen MR) is 91.7 cm³/mol. The van der Waals surface area contributed by atoms with Crippen molar-refractivity contribution in [2.75, 3.05) is 13.6 Å². The standard InChI is InChI=1S/C15H14Br2N2O4/c1-3-4-19-14(22)9(13(21)18(2)15(19)23)5-8-6-10(16)12(20)11(17)7-8/h5-7,20H,3-4H2,1-2H3/b9-5-. The number of likely N-dealkylation sites (N-methyl/N-ethyl adjacent to an activating group) is 1. The van der Waals surface area contributed by atoms with E-state index in [4.69, 9.17) is 0 Å². The summed E-state index contributed by atoms with van der Waals surface area (Å²) in [4.78, 5) is 38.7. The molecule has 0 atom stereocenters. The monoisotopic (exact) mass is 444 g/mol. The Balaban J connectivity index is 2.49. The van der Waals surface area contributed by atoms with Crippen molar-refractivity contribution in [1.29, 1.82) is 0 Å². The Labute approximate surface area is 150 Å². The zero-order valence-corrected chi connectivity index (χ0v) is 15.6. The number of nitrogens with zero attached hydrogens (tertiary/aromatic N) is 2. The molecular weight excluding hydrogens is 432 g/mol. The third-order valence-electron chi connectivity index (χ3n) is 3.33. The Hall–Kier alpha value is -1.67. The van der Waals surface area contributed by atoms with E-state index in [0.29, 0.717) is 20.9 Å². The number of benzene rings is 1. The summed E-state index contributed by atoms with van der Waals surface area (Å²) in [5, 5.41) is 9.72. The van der Waals surface area contributed by atoms with Crippen molar-refractivity contribution in [3.8, 4) is 5.75 Å². The van der Waals surface area contributed by atoms with E-state index in [0.717, 1.165) is 9.80 Å². The fourth-order valence-electron chi connectivity index (χ4n) is 2.15. The average Bonchev–Trinajstić information content (AvgIpc) is 2.51. The number of carbonyl (C=O) groups is 3. The number of halogens is 2. The number of hydrogen-bond donors (Lipinski definition) is 1. The first-order valence-corrected chi connectivity index (χ1v) is 8.40. The molecule has 1 aromatic carbocycles. The van der Waals surface area contributed by atoms with Crippen LogP contribution in [0.4, 0.5) is 4.79 Å². The second-order valence-corrected chi connectivity index (χ2v) is 6.70. The number of phenolic OH excluding ortho intramolecular Hbond substituents is 1. The Bertz CT molecular complexity index is 707. The normalized spacial score (nSPS) is 17.4. The van der Waals surface area contributed by atoms with Crippen molar-refractivity contribution in [3.63, 3.8) is 0 Å². The van der Waals surface area contributed by atoms with E-state index in [9.17, 15) is 19.5 Å². The van der Waals surface area contributed by atoms with Gasteiger partial charge in [-0.2, -0.15) is 0 Å². The van der Waals surface area contributed by atoms with Crippen LogP contribution in [0.1, 0.15) is 18.9 Å². The molecule has 0 aliphatic carbocycles. The van der Waals surface area contributed by atoms with Gasteiger partial charge in [0, 0.05) is 13.6 Å². The summed E-state index contributed by atoms with van der Waals surface area (Å²) in [6, 6.07) is 2.54. The third kappa shape index (κ3) is 3.32. The fourth-order valence-corrected chi connectivity index (χ4v) is 3.37. The number of aromatic hydroxyl groups is 1. The van der Waals surface area contributed by atoms with Gasteiger partial charge in [0.05, 0.1) is 8.95 Å². The lowest BCUT2D eigenvalue weighted by atomic mass is 10.1. The van der Waals surface area contributed by atoms with Gasteiger partial charge in [-0.3, -0.25) is 19.4 Å². The Morgan fingerprint density at radius 1 is 1.13 bits per heavy atom. The lowest BCUT2D eigenvalue weighted by molar-refractivity contribution is -0.135. The first-order valence-electron chi connectivity index (χ1n) is 6.81. The molecule has 0 radical (unpaired) electrons. The summed E-state index contributed by atoms with van der Waals surface area (Å²) in [7, 11) is 1.34. The summed E-state index contributed by atoms with van der Waals surface area (Å²) in [6.07, 6.45) is 2.01. The van der Waals surface area contributed by atoms with Crippen molar-refractivity contribution >= 4 is 55.8 Å². The Morgan fingerprint density at radius 2 is 1.70 bits per heavy atom. The van der Waals surface area contributed by atoms with Crippen molar-refractivity contribution in [1.82, 2.24) is 9.80 Å². The molecule has 122 valence electrons. The van der Waals surface area contributed by atoms with Gasteiger partial charge in [0.1, 0.15) is 11.3 Å². The average molecular weight is 446 g/mol. The van der Waals surface area contributed by atoms with Gasteiger partial charge in [-0.25, -0.2) is 4.79 Å². The highest BCUT2D eigenvalue weighted by atomic mass is 79.9. The predicted octanol–water partition coefficient (Wildman–Crippen LogP) is 3.13. The molecule has 1 fully saturated rings. The van der Waals surface area contributed by atoms with Crippen LogP contribution < -0.4 is 0 Å². The van der Waals surface area contributed by atoms with Gasteiger partial charge in [0.2, 0.25) is 0 Å². The number of hydrogen-bond acceptors (Lipinski definition) is 4. The van der Waals surface area contributed by atoms with Gasteiger partial charge in [0.25, 0.3) is 11.8 Å². The van der Waals surface area contributed by atoms with Crippen LogP contribution in [0.25, 0.3) is 6.08 Å². The van der Waals surface area contributed by atoms with Crippen LogP contribution in [0.5, 0.6) is 5.75 Å². The van der Waals surface area contributed by atoms with Crippen LogP contribution in [0.3, 0.4) is 0 Å². The molecule has 0 saturated carbocycles. The maximum atomic E-state index is 12.4. The molecule has 0 spiro atoms. The summed E-state index contributed by atoms with van der Waals surface area (Å²) in [6.45, 7) is 2.09. The minimum absolute atomic E-state index is 0.0216. The van der Waals surface area contributed by atoms with Crippen LogP contribution >= 0.6 is 31.9 Å². The Kier molecular flexibility index (Phi) is 5.26. The molecule has 1 aromatic rings.